The lowest BCUT2D eigenvalue weighted by Crippen LogP contribution is -2.59. The number of nitrogens with zero attached hydrogens (tertiary/aromatic N) is 3. The quantitative estimate of drug-likeness (QED) is 0.769. The zero-order chi connectivity index (χ0) is 21.2. The molecule has 3 N–H and O–H groups in total. The van der Waals surface area contributed by atoms with Gasteiger partial charge in [0.05, 0.1) is 17.9 Å². The van der Waals surface area contributed by atoms with E-state index in [1.807, 2.05) is 32.9 Å². The summed E-state index contributed by atoms with van der Waals surface area (Å²) < 4.78 is 38.5. The van der Waals surface area contributed by atoms with Crippen LogP contribution in [-0.4, -0.2) is 60.4 Å². The molecular weight excluding hydrogens is 379 g/mol. The minimum Gasteiger partial charge on any atom is -0.383 e. The number of anilines is 2. The highest BCUT2D eigenvalue weighted by Crippen LogP contribution is 2.28. The van der Waals surface area contributed by atoms with Crippen LogP contribution < -0.4 is 16.0 Å². The molecule has 3 rings (SSSR count). The highest BCUT2D eigenvalue weighted by atomic mass is 19.4. The van der Waals surface area contributed by atoms with Gasteiger partial charge in [0.15, 0.2) is 0 Å². The third-order valence-electron chi connectivity index (χ3n) is 6.33. The van der Waals surface area contributed by atoms with Gasteiger partial charge in [-0.15, -0.1) is 0 Å². The van der Waals surface area contributed by atoms with E-state index in [0.29, 0.717) is 25.0 Å². The minimum atomic E-state index is -4.17. The van der Waals surface area contributed by atoms with E-state index in [9.17, 15) is 13.2 Å². The SMILES string of the molecule is Cc1nc(N2CC(C)N(CC(F)(F)F)C(C)C2)ccc1NC[C@H]1CC[C@H](N)CC1. The van der Waals surface area contributed by atoms with Crippen LogP contribution in [0, 0.1) is 12.8 Å². The first-order valence-electron chi connectivity index (χ1n) is 10.7. The first-order chi connectivity index (χ1) is 13.6. The number of halogens is 3. The second-order valence-electron chi connectivity index (χ2n) is 8.85. The third-order valence-corrected chi connectivity index (χ3v) is 6.33. The van der Waals surface area contributed by atoms with Crippen molar-refractivity contribution in [1.29, 1.82) is 0 Å². The van der Waals surface area contributed by atoms with Gasteiger partial charge in [0.1, 0.15) is 5.82 Å². The summed E-state index contributed by atoms with van der Waals surface area (Å²) in [4.78, 5) is 8.38. The Kier molecular flexibility index (Phi) is 6.94. The molecule has 0 spiro atoms. The van der Waals surface area contributed by atoms with Crippen LogP contribution in [0.2, 0.25) is 0 Å². The van der Waals surface area contributed by atoms with Crippen LogP contribution in [0.1, 0.15) is 45.2 Å². The Labute approximate surface area is 171 Å². The van der Waals surface area contributed by atoms with Crippen LogP contribution >= 0.6 is 0 Å². The average molecular weight is 414 g/mol. The molecule has 1 aromatic rings. The molecule has 29 heavy (non-hydrogen) atoms. The van der Waals surface area contributed by atoms with Crippen molar-refractivity contribution in [2.75, 3.05) is 36.4 Å². The summed E-state index contributed by atoms with van der Waals surface area (Å²) in [5.74, 6) is 1.49. The molecule has 2 unspecified atom stereocenters. The van der Waals surface area contributed by atoms with Gasteiger partial charge in [-0.1, -0.05) is 0 Å². The molecule has 164 valence electrons. The number of pyridine rings is 1. The fraction of sp³-hybridized carbons (Fsp3) is 0.762. The standard InChI is InChI=1S/C21H34F3N5/c1-14-11-28(12-15(2)29(14)13-21(22,23)24)20-9-8-19(16(3)27-20)26-10-17-4-6-18(25)7-5-17/h8-9,14-15,17-18,26H,4-7,10-13,25H2,1-3H3/t14?,15?,17-,18-. The number of rotatable bonds is 5. The lowest BCUT2D eigenvalue weighted by atomic mass is 9.86. The maximum Gasteiger partial charge on any atom is 0.401 e. The molecule has 0 bridgehead atoms. The van der Waals surface area contributed by atoms with E-state index in [4.69, 9.17) is 10.7 Å². The van der Waals surface area contributed by atoms with E-state index in [-0.39, 0.29) is 12.1 Å². The van der Waals surface area contributed by atoms with Crippen molar-refractivity contribution in [3.63, 3.8) is 0 Å². The fourth-order valence-electron chi connectivity index (χ4n) is 4.62. The van der Waals surface area contributed by atoms with Crippen molar-refractivity contribution in [2.24, 2.45) is 11.7 Å². The molecule has 1 aliphatic heterocycles. The molecule has 0 amide bonds. The summed E-state index contributed by atoms with van der Waals surface area (Å²) >= 11 is 0. The van der Waals surface area contributed by atoms with Gasteiger partial charge in [0.2, 0.25) is 0 Å². The van der Waals surface area contributed by atoms with Crippen LogP contribution in [0.3, 0.4) is 0 Å². The Morgan fingerprint density at radius 1 is 1.10 bits per heavy atom. The van der Waals surface area contributed by atoms with Crippen molar-refractivity contribution in [3.8, 4) is 0 Å². The summed E-state index contributed by atoms with van der Waals surface area (Å²) in [5.41, 5.74) is 7.93. The Bertz CT molecular complexity index is 661. The Hall–Kier alpha value is -1.54. The highest BCUT2D eigenvalue weighted by Gasteiger charge is 2.38. The molecule has 1 saturated heterocycles. The van der Waals surface area contributed by atoms with Crippen LogP contribution in [0.4, 0.5) is 24.7 Å². The fourth-order valence-corrected chi connectivity index (χ4v) is 4.62. The molecule has 8 heteroatoms. The minimum absolute atomic E-state index is 0.182. The van der Waals surface area contributed by atoms with Gasteiger partial charge in [-0.3, -0.25) is 4.90 Å². The second-order valence-corrected chi connectivity index (χ2v) is 8.85. The Morgan fingerprint density at radius 3 is 2.28 bits per heavy atom. The van der Waals surface area contributed by atoms with E-state index in [0.717, 1.165) is 49.4 Å². The molecule has 0 aromatic carbocycles. The van der Waals surface area contributed by atoms with Gasteiger partial charge in [-0.05, 0) is 64.5 Å². The first kappa shape index (κ1) is 22.2. The number of hydrogen-bond acceptors (Lipinski definition) is 5. The van der Waals surface area contributed by atoms with E-state index >= 15 is 0 Å². The van der Waals surface area contributed by atoms with Crippen LogP contribution in [0.15, 0.2) is 12.1 Å². The normalized spacial score (nSPS) is 29.1. The van der Waals surface area contributed by atoms with Crippen molar-refractivity contribution in [1.82, 2.24) is 9.88 Å². The lowest BCUT2D eigenvalue weighted by molar-refractivity contribution is -0.156. The maximum atomic E-state index is 12.8. The monoisotopic (exact) mass is 413 g/mol. The zero-order valence-corrected chi connectivity index (χ0v) is 17.7. The molecule has 1 aromatic heterocycles. The number of nitrogens with two attached hydrogens (primary N) is 1. The van der Waals surface area contributed by atoms with Gasteiger partial charge in [0, 0.05) is 37.8 Å². The molecule has 2 aliphatic rings. The predicted molar refractivity (Wildman–Crippen MR) is 111 cm³/mol. The smallest absolute Gasteiger partial charge is 0.383 e. The van der Waals surface area contributed by atoms with Crippen molar-refractivity contribution < 1.29 is 13.2 Å². The van der Waals surface area contributed by atoms with Gasteiger partial charge < -0.3 is 16.0 Å². The van der Waals surface area contributed by atoms with E-state index in [1.54, 1.807) is 0 Å². The highest BCUT2D eigenvalue weighted by molar-refractivity contribution is 5.54. The van der Waals surface area contributed by atoms with Crippen molar-refractivity contribution in [3.05, 3.63) is 17.8 Å². The number of nitrogens with one attached hydrogen (secondary N) is 1. The average Bonchev–Trinajstić information content (AvgIpc) is 2.64. The van der Waals surface area contributed by atoms with Crippen molar-refractivity contribution >= 4 is 11.5 Å². The molecule has 2 atom stereocenters. The summed E-state index contributed by atoms with van der Waals surface area (Å²) in [5, 5.41) is 3.52. The maximum absolute atomic E-state index is 12.8. The second kappa shape index (κ2) is 9.08. The molecule has 2 fully saturated rings. The third kappa shape index (κ3) is 5.98. The number of aryl methyl sites for hydroxylation is 1. The van der Waals surface area contributed by atoms with Crippen LogP contribution in [0.25, 0.3) is 0 Å². The summed E-state index contributed by atoms with van der Waals surface area (Å²) in [6, 6.07) is 4.01. The molecule has 5 nitrogen and oxygen atoms in total. The summed E-state index contributed by atoms with van der Waals surface area (Å²) in [6.07, 6.45) is 0.349. The van der Waals surface area contributed by atoms with Crippen LogP contribution in [-0.2, 0) is 0 Å². The number of alkyl halides is 3. The molecular formula is C21H34F3N5. The predicted octanol–water partition coefficient (Wildman–Crippen LogP) is 3.78. The summed E-state index contributed by atoms with van der Waals surface area (Å²) in [7, 11) is 0. The summed E-state index contributed by atoms with van der Waals surface area (Å²) in [6.45, 7) is 6.85. The van der Waals surface area contributed by atoms with E-state index in [1.165, 1.54) is 4.90 Å². The number of piperazine rings is 1. The molecule has 1 saturated carbocycles. The largest absolute Gasteiger partial charge is 0.401 e. The van der Waals surface area contributed by atoms with E-state index in [2.05, 4.69) is 10.2 Å². The van der Waals surface area contributed by atoms with Gasteiger partial charge in [-0.25, -0.2) is 4.98 Å². The van der Waals surface area contributed by atoms with Gasteiger partial charge in [0.25, 0.3) is 0 Å². The Morgan fingerprint density at radius 2 is 1.72 bits per heavy atom. The van der Waals surface area contributed by atoms with E-state index < -0.39 is 12.7 Å². The molecule has 1 aliphatic carbocycles. The van der Waals surface area contributed by atoms with Crippen LogP contribution in [0.5, 0.6) is 0 Å². The van der Waals surface area contributed by atoms with Gasteiger partial charge >= 0.3 is 6.18 Å². The number of aromatic nitrogens is 1. The van der Waals surface area contributed by atoms with Crippen molar-refractivity contribution in [2.45, 2.75) is 70.8 Å². The lowest BCUT2D eigenvalue weighted by Gasteiger charge is -2.45. The molecule has 0 radical (unpaired) electrons. The number of hydrogen-bond donors (Lipinski definition) is 2. The first-order valence-corrected chi connectivity index (χ1v) is 10.7. The topological polar surface area (TPSA) is 57.4 Å². The Balaban J connectivity index is 1.58. The molecule has 2 heterocycles. The zero-order valence-electron chi connectivity index (χ0n) is 17.7. The van der Waals surface area contributed by atoms with Gasteiger partial charge in [-0.2, -0.15) is 13.2 Å².